The Morgan fingerprint density at radius 3 is 2.26 bits per heavy atom. The van der Waals surface area contributed by atoms with Crippen LogP contribution in [-0.4, -0.2) is 31.9 Å². The molecule has 0 saturated carbocycles. The van der Waals surface area contributed by atoms with Crippen molar-refractivity contribution in [3.8, 4) is 5.75 Å². The molecule has 0 aliphatic carbocycles. The summed E-state index contributed by atoms with van der Waals surface area (Å²) in [5.74, 6) is 0.853. The summed E-state index contributed by atoms with van der Waals surface area (Å²) in [6, 6.07) is 11.5. The molecule has 0 amide bonds. The Bertz CT molecular complexity index is 757. The highest BCUT2D eigenvalue weighted by atomic mass is 32.2. The summed E-state index contributed by atoms with van der Waals surface area (Å²) in [5, 5.41) is 0. The summed E-state index contributed by atoms with van der Waals surface area (Å²) < 4.78 is 33.2. The minimum absolute atomic E-state index is 0.0780. The van der Waals surface area contributed by atoms with Crippen LogP contribution in [0.25, 0.3) is 0 Å². The molecular formula is C17H21NO3S2. The maximum Gasteiger partial charge on any atom is 0.252 e. The maximum atomic E-state index is 12.6. The van der Waals surface area contributed by atoms with Gasteiger partial charge < -0.3 is 4.74 Å². The zero-order valence-corrected chi connectivity index (χ0v) is 15.0. The molecule has 0 unspecified atom stereocenters. The molecule has 1 saturated heterocycles. The minimum Gasteiger partial charge on any atom is -0.490 e. The van der Waals surface area contributed by atoms with Crippen molar-refractivity contribution in [1.29, 1.82) is 0 Å². The average Bonchev–Trinajstić information content (AvgIpc) is 2.98. The Hall–Kier alpha value is -1.37. The first-order chi connectivity index (χ1) is 10.9. The second-order valence-corrected chi connectivity index (χ2v) is 9.35. The predicted molar refractivity (Wildman–Crippen MR) is 92.6 cm³/mol. The molecule has 0 spiro atoms. The molecule has 1 aromatic carbocycles. The highest BCUT2D eigenvalue weighted by Crippen LogP contribution is 2.27. The lowest BCUT2D eigenvalue weighted by atomic mass is 10.1. The molecule has 23 heavy (non-hydrogen) atoms. The lowest BCUT2D eigenvalue weighted by molar-refractivity contribution is 0.135. The van der Waals surface area contributed by atoms with E-state index in [-0.39, 0.29) is 6.10 Å². The quantitative estimate of drug-likeness (QED) is 0.845. The summed E-state index contributed by atoms with van der Waals surface area (Å²) in [5.41, 5.74) is 1.20. The van der Waals surface area contributed by atoms with Crippen LogP contribution in [0.15, 0.2) is 40.6 Å². The van der Waals surface area contributed by atoms with E-state index in [9.17, 15) is 8.42 Å². The number of rotatable bonds is 4. The van der Waals surface area contributed by atoms with Crippen molar-refractivity contribution in [3.05, 3.63) is 46.8 Å². The Kier molecular flexibility index (Phi) is 4.75. The fraction of sp³-hybridized carbons (Fsp3) is 0.412. The first-order valence-electron chi connectivity index (χ1n) is 7.75. The molecule has 0 radical (unpaired) electrons. The van der Waals surface area contributed by atoms with E-state index in [1.165, 1.54) is 16.9 Å². The second kappa shape index (κ2) is 6.63. The van der Waals surface area contributed by atoms with Crippen molar-refractivity contribution >= 4 is 21.4 Å². The van der Waals surface area contributed by atoms with E-state index in [4.69, 9.17) is 4.74 Å². The predicted octanol–water partition coefficient (Wildman–Crippen LogP) is 3.60. The fourth-order valence-corrected chi connectivity index (χ4v) is 5.58. The number of hydrogen-bond donors (Lipinski definition) is 0. The molecule has 0 N–H and O–H groups in total. The van der Waals surface area contributed by atoms with Crippen LogP contribution >= 0.6 is 11.3 Å². The van der Waals surface area contributed by atoms with Gasteiger partial charge in [-0.05, 0) is 51.0 Å². The van der Waals surface area contributed by atoms with Gasteiger partial charge in [0.25, 0.3) is 10.0 Å². The van der Waals surface area contributed by atoms with Crippen molar-refractivity contribution in [2.75, 3.05) is 13.1 Å². The van der Waals surface area contributed by atoms with E-state index in [0.717, 1.165) is 23.5 Å². The van der Waals surface area contributed by atoms with Crippen LogP contribution in [0, 0.1) is 13.8 Å². The average molecular weight is 351 g/mol. The van der Waals surface area contributed by atoms with Crippen LogP contribution < -0.4 is 4.74 Å². The van der Waals surface area contributed by atoms with Gasteiger partial charge in [0.2, 0.25) is 0 Å². The van der Waals surface area contributed by atoms with Crippen LogP contribution in [0.5, 0.6) is 5.75 Å². The fourth-order valence-electron chi connectivity index (χ4n) is 2.68. The lowest BCUT2D eigenvalue weighted by Crippen LogP contribution is -2.41. The SMILES string of the molecule is Cc1ccc(OC2CCN(S(=O)(=O)c3ccc(C)s3)CC2)cc1. The van der Waals surface area contributed by atoms with Gasteiger partial charge in [-0.15, -0.1) is 11.3 Å². The van der Waals surface area contributed by atoms with Gasteiger partial charge in [0.1, 0.15) is 16.1 Å². The molecule has 1 fully saturated rings. The zero-order chi connectivity index (χ0) is 16.4. The maximum absolute atomic E-state index is 12.6. The number of nitrogens with zero attached hydrogens (tertiary/aromatic N) is 1. The summed E-state index contributed by atoms with van der Waals surface area (Å²) in [4.78, 5) is 1.01. The van der Waals surface area contributed by atoms with Crippen molar-refractivity contribution < 1.29 is 13.2 Å². The van der Waals surface area contributed by atoms with Crippen LogP contribution in [0.2, 0.25) is 0 Å². The van der Waals surface area contributed by atoms with Crippen molar-refractivity contribution in [2.24, 2.45) is 0 Å². The molecule has 4 nitrogen and oxygen atoms in total. The van der Waals surface area contributed by atoms with Crippen LogP contribution in [0.1, 0.15) is 23.3 Å². The number of benzene rings is 1. The van der Waals surface area contributed by atoms with E-state index >= 15 is 0 Å². The van der Waals surface area contributed by atoms with Gasteiger partial charge >= 0.3 is 0 Å². The summed E-state index contributed by atoms with van der Waals surface area (Å²) in [7, 11) is -3.35. The van der Waals surface area contributed by atoms with Crippen molar-refractivity contribution in [1.82, 2.24) is 4.31 Å². The van der Waals surface area contributed by atoms with Gasteiger partial charge in [-0.2, -0.15) is 4.31 Å². The van der Waals surface area contributed by atoms with E-state index in [1.807, 2.05) is 44.2 Å². The first kappa shape index (κ1) is 16.5. The number of thiophene rings is 1. The van der Waals surface area contributed by atoms with E-state index in [1.54, 1.807) is 10.4 Å². The zero-order valence-electron chi connectivity index (χ0n) is 13.4. The van der Waals surface area contributed by atoms with Gasteiger partial charge in [-0.3, -0.25) is 0 Å². The van der Waals surface area contributed by atoms with Gasteiger partial charge in [0.05, 0.1) is 0 Å². The Labute approximate surface area is 141 Å². The summed E-state index contributed by atoms with van der Waals surface area (Å²) >= 11 is 1.33. The second-order valence-electron chi connectivity index (χ2n) is 5.90. The molecule has 124 valence electrons. The molecular weight excluding hydrogens is 330 g/mol. The largest absolute Gasteiger partial charge is 0.490 e. The van der Waals surface area contributed by atoms with Crippen molar-refractivity contribution in [2.45, 2.75) is 37.0 Å². The standard InChI is InChI=1S/C17H21NO3S2/c1-13-3-6-15(7-4-13)21-16-9-11-18(12-10-16)23(19,20)17-8-5-14(2)22-17/h3-8,16H,9-12H2,1-2H3. The van der Waals surface area contributed by atoms with Gasteiger partial charge in [-0.25, -0.2) is 8.42 Å². The number of hydrogen-bond acceptors (Lipinski definition) is 4. The van der Waals surface area contributed by atoms with Gasteiger partial charge in [0.15, 0.2) is 0 Å². The van der Waals surface area contributed by atoms with Crippen molar-refractivity contribution in [3.63, 3.8) is 0 Å². The topological polar surface area (TPSA) is 46.6 Å². The van der Waals surface area contributed by atoms with E-state index < -0.39 is 10.0 Å². The molecule has 1 aliphatic heterocycles. The van der Waals surface area contributed by atoms with Crippen LogP contribution in [-0.2, 0) is 10.0 Å². The highest BCUT2D eigenvalue weighted by Gasteiger charge is 2.31. The Balaban J connectivity index is 1.61. The van der Waals surface area contributed by atoms with Crippen LogP contribution in [0.3, 0.4) is 0 Å². The Morgan fingerprint density at radius 2 is 1.70 bits per heavy atom. The summed E-state index contributed by atoms with van der Waals surface area (Å²) in [6.45, 7) is 4.98. The smallest absolute Gasteiger partial charge is 0.252 e. The lowest BCUT2D eigenvalue weighted by Gasteiger charge is -2.31. The summed E-state index contributed by atoms with van der Waals surface area (Å²) in [6.07, 6.45) is 1.52. The third-order valence-electron chi connectivity index (χ3n) is 4.03. The molecule has 6 heteroatoms. The number of sulfonamides is 1. The molecule has 1 aromatic heterocycles. The molecule has 3 rings (SSSR count). The molecule has 1 aliphatic rings. The number of ether oxygens (including phenoxy) is 1. The highest BCUT2D eigenvalue weighted by molar-refractivity contribution is 7.91. The molecule has 2 heterocycles. The Morgan fingerprint density at radius 1 is 1.04 bits per heavy atom. The third kappa shape index (κ3) is 3.76. The minimum atomic E-state index is -3.35. The van der Waals surface area contributed by atoms with Gasteiger partial charge in [0, 0.05) is 18.0 Å². The monoisotopic (exact) mass is 351 g/mol. The van der Waals surface area contributed by atoms with E-state index in [2.05, 4.69) is 0 Å². The normalized spacial score (nSPS) is 17.3. The molecule has 0 atom stereocenters. The first-order valence-corrected chi connectivity index (χ1v) is 10.0. The third-order valence-corrected chi connectivity index (χ3v) is 7.40. The number of piperidine rings is 1. The van der Waals surface area contributed by atoms with Gasteiger partial charge in [-0.1, -0.05) is 17.7 Å². The van der Waals surface area contributed by atoms with E-state index in [0.29, 0.717) is 17.3 Å². The number of aryl methyl sites for hydroxylation is 2. The van der Waals surface area contributed by atoms with Crippen LogP contribution in [0.4, 0.5) is 0 Å². The molecule has 2 aromatic rings. The molecule has 0 bridgehead atoms.